The Bertz CT molecular complexity index is 1180. The van der Waals surface area contributed by atoms with Crippen molar-refractivity contribution in [1.29, 1.82) is 0 Å². The summed E-state index contributed by atoms with van der Waals surface area (Å²) in [6.07, 6.45) is 4.73. The van der Waals surface area contributed by atoms with Crippen molar-refractivity contribution in [3.05, 3.63) is 95.0 Å². The van der Waals surface area contributed by atoms with Crippen molar-refractivity contribution >= 4 is 34.8 Å². The molecule has 1 amide bonds. The lowest BCUT2D eigenvalue weighted by Crippen LogP contribution is -2.11. The lowest BCUT2D eigenvalue weighted by molar-refractivity contribution is 0.102. The van der Waals surface area contributed by atoms with Gasteiger partial charge in [0.05, 0.1) is 11.3 Å². The van der Waals surface area contributed by atoms with Crippen LogP contribution in [0.4, 0.5) is 5.69 Å². The third-order valence-corrected chi connectivity index (χ3v) is 4.50. The average molecular weight is 437 g/mol. The fraction of sp³-hybridized carbons (Fsp3) is 0. The number of ether oxygens (including phenoxy) is 1. The zero-order valence-corrected chi connectivity index (χ0v) is 16.9. The van der Waals surface area contributed by atoms with Crippen molar-refractivity contribution in [2.75, 3.05) is 5.32 Å². The van der Waals surface area contributed by atoms with E-state index in [4.69, 9.17) is 27.9 Å². The molecule has 6 nitrogen and oxygen atoms in total. The molecule has 0 atom stereocenters. The highest BCUT2D eigenvalue weighted by Crippen LogP contribution is 2.30. The predicted molar refractivity (Wildman–Crippen MR) is 116 cm³/mol. The zero-order valence-electron chi connectivity index (χ0n) is 15.4. The van der Waals surface area contributed by atoms with Crippen molar-refractivity contribution in [2.24, 2.45) is 0 Å². The Hall–Kier alpha value is -3.48. The standard InChI is InChI=1S/C22H14Cl2N4O2/c23-15-10-16(24)12-17(11-15)28-21(29)14-3-1-4-18(9-14)30-22-19(5-2-7-26-22)20-6-8-25-13-27-20/h1-13H,(H,28,29). The molecule has 4 rings (SSSR count). The molecule has 2 aromatic heterocycles. The molecule has 0 bridgehead atoms. The van der Waals surface area contributed by atoms with E-state index >= 15 is 0 Å². The van der Waals surface area contributed by atoms with Gasteiger partial charge in [-0.2, -0.15) is 0 Å². The van der Waals surface area contributed by atoms with Crippen LogP contribution in [0.25, 0.3) is 11.3 Å². The molecule has 0 aliphatic rings. The first-order valence-corrected chi connectivity index (χ1v) is 9.61. The molecule has 8 heteroatoms. The highest BCUT2D eigenvalue weighted by atomic mass is 35.5. The van der Waals surface area contributed by atoms with Gasteiger partial charge in [0.2, 0.25) is 5.88 Å². The van der Waals surface area contributed by atoms with Crippen molar-refractivity contribution in [3.8, 4) is 22.9 Å². The van der Waals surface area contributed by atoms with Gasteiger partial charge in [-0.25, -0.2) is 15.0 Å². The van der Waals surface area contributed by atoms with E-state index in [-0.39, 0.29) is 5.91 Å². The van der Waals surface area contributed by atoms with Crippen LogP contribution in [0.15, 0.2) is 79.4 Å². The highest BCUT2D eigenvalue weighted by molar-refractivity contribution is 6.35. The number of anilines is 1. The summed E-state index contributed by atoms with van der Waals surface area (Å²) in [6, 6.07) is 17.0. The van der Waals surface area contributed by atoms with Gasteiger partial charge in [-0.15, -0.1) is 0 Å². The molecule has 1 N–H and O–H groups in total. The zero-order chi connectivity index (χ0) is 20.9. The van der Waals surface area contributed by atoms with Crippen LogP contribution >= 0.6 is 23.2 Å². The van der Waals surface area contributed by atoms with E-state index in [1.165, 1.54) is 6.33 Å². The van der Waals surface area contributed by atoms with E-state index < -0.39 is 0 Å². The van der Waals surface area contributed by atoms with Crippen LogP contribution in [0, 0.1) is 0 Å². The monoisotopic (exact) mass is 436 g/mol. The molecule has 0 aliphatic heterocycles. The van der Waals surface area contributed by atoms with E-state index in [2.05, 4.69) is 20.3 Å². The number of rotatable bonds is 5. The maximum Gasteiger partial charge on any atom is 0.255 e. The minimum Gasteiger partial charge on any atom is -0.438 e. The molecule has 0 unspecified atom stereocenters. The van der Waals surface area contributed by atoms with Gasteiger partial charge >= 0.3 is 0 Å². The maximum absolute atomic E-state index is 12.6. The first kappa shape index (κ1) is 19.8. The third kappa shape index (κ3) is 4.74. The van der Waals surface area contributed by atoms with Gasteiger partial charge in [-0.1, -0.05) is 29.3 Å². The van der Waals surface area contributed by atoms with Crippen LogP contribution in [0.1, 0.15) is 10.4 Å². The van der Waals surface area contributed by atoms with Crippen LogP contribution < -0.4 is 10.1 Å². The van der Waals surface area contributed by atoms with Crippen LogP contribution in [0.2, 0.25) is 10.0 Å². The Labute approximate surface area is 182 Å². The predicted octanol–water partition coefficient (Wildman–Crippen LogP) is 5.89. The second kappa shape index (κ2) is 8.90. The number of nitrogens with one attached hydrogen (secondary N) is 1. The first-order valence-electron chi connectivity index (χ1n) is 8.85. The quantitative estimate of drug-likeness (QED) is 0.421. The second-order valence-corrected chi connectivity index (χ2v) is 7.07. The van der Waals surface area contributed by atoms with Gasteiger partial charge in [0.15, 0.2) is 0 Å². The number of carbonyl (C=O) groups excluding carboxylic acids is 1. The summed E-state index contributed by atoms with van der Waals surface area (Å²) in [7, 11) is 0. The normalized spacial score (nSPS) is 10.5. The van der Waals surface area contributed by atoms with Gasteiger partial charge < -0.3 is 10.1 Å². The molecule has 0 spiro atoms. The fourth-order valence-corrected chi connectivity index (χ4v) is 3.28. The van der Waals surface area contributed by atoms with Crippen molar-refractivity contribution in [1.82, 2.24) is 15.0 Å². The van der Waals surface area contributed by atoms with Gasteiger partial charge in [-0.3, -0.25) is 4.79 Å². The van der Waals surface area contributed by atoms with E-state index in [1.807, 2.05) is 6.07 Å². The minimum atomic E-state index is -0.323. The molecule has 4 aromatic rings. The van der Waals surface area contributed by atoms with Crippen molar-refractivity contribution in [2.45, 2.75) is 0 Å². The largest absolute Gasteiger partial charge is 0.438 e. The number of aromatic nitrogens is 3. The first-order chi connectivity index (χ1) is 14.6. The number of hydrogen-bond donors (Lipinski definition) is 1. The molecule has 0 saturated heterocycles. The highest BCUT2D eigenvalue weighted by Gasteiger charge is 2.12. The molecular formula is C22H14Cl2N4O2. The molecule has 0 fully saturated rings. The third-order valence-electron chi connectivity index (χ3n) is 4.06. The Morgan fingerprint density at radius 2 is 1.73 bits per heavy atom. The summed E-state index contributed by atoms with van der Waals surface area (Å²) >= 11 is 12.0. The van der Waals surface area contributed by atoms with Gasteiger partial charge in [0, 0.05) is 33.7 Å². The Morgan fingerprint density at radius 3 is 2.50 bits per heavy atom. The average Bonchev–Trinajstić information content (AvgIpc) is 2.74. The summed E-state index contributed by atoms with van der Waals surface area (Å²) in [4.78, 5) is 25.1. The number of nitrogens with zero attached hydrogens (tertiary/aromatic N) is 3. The summed E-state index contributed by atoms with van der Waals surface area (Å²) in [5, 5.41) is 3.64. The summed E-state index contributed by atoms with van der Waals surface area (Å²) in [5.74, 6) is 0.506. The second-order valence-electron chi connectivity index (χ2n) is 6.19. The van der Waals surface area contributed by atoms with E-state index in [9.17, 15) is 4.79 Å². The lowest BCUT2D eigenvalue weighted by atomic mass is 10.2. The molecule has 148 valence electrons. The Morgan fingerprint density at radius 1 is 0.900 bits per heavy atom. The van der Waals surface area contributed by atoms with E-state index in [0.29, 0.717) is 44.2 Å². The number of carbonyl (C=O) groups is 1. The van der Waals surface area contributed by atoms with E-state index in [0.717, 1.165) is 0 Å². The van der Waals surface area contributed by atoms with Crippen LogP contribution in [-0.2, 0) is 0 Å². The maximum atomic E-state index is 12.6. The molecule has 0 radical (unpaired) electrons. The van der Waals surface area contributed by atoms with E-state index in [1.54, 1.807) is 67.0 Å². The number of benzene rings is 2. The SMILES string of the molecule is O=C(Nc1cc(Cl)cc(Cl)c1)c1cccc(Oc2ncccc2-c2ccncn2)c1. The number of halogens is 2. The summed E-state index contributed by atoms with van der Waals surface area (Å²) in [5.41, 5.74) is 2.30. The van der Waals surface area contributed by atoms with Gasteiger partial charge in [-0.05, 0) is 54.6 Å². The van der Waals surface area contributed by atoms with Crippen LogP contribution in [0.3, 0.4) is 0 Å². The minimum absolute atomic E-state index is 0.323. The van der Waals surface area contributed by atoms with Gasteiger partial charge in [0.25, 0.3) is 5.91 Å². The molecule has 0 saturated carbocycles. The summed E-state index contributed by atoms with van der Waals surface area (Å²) in [6.45, 7) is 0. The molecular weight excluding hydrogens is 423 g/mol. The lowest BCUT2D eigenvalue weighted by Gasteiger charge is -2.11. The topological polar surface area (TPSA) is 77.0 Å². The van der Waals surface area contributed by atoms with Crippen LogP contribution in [-0.4, -0.2) is 20.9 Å². The Balaban J connectivity index is 1.57. The molecule has 2 aromatic carbocycles. The van der Waals surface area contributed by atoms with Gasteiger partial charge in [0.1, 0.15) is 12.1 Å². The Kier molecular flexibility index (Phi) is 5.88. The number of pyridine rings is 1. The molecule has 0 aliphatic carbocycles. The molecule has 2 heterocycles. The molecule has 30 heavy (non-hydrogen) atoms. The fourth-order valence-electron chi connectivity index (χ4n) is 2.76. The number of amides is 1. The van der Waals surface area contributed by atoms with Crippen molar-refractivity contribution in [3.63, 3.8) is 0 Å². The van der Waals surface area contributed by atoms with Crippen LogP contribution in [0.5, 0.6) is 11.6 Å². The number of hydrogen-bond acceptors (Lipinski definition) is 5. The smallest absolute Gasteiger partial charge is 0.255 e. The summed E-state index contributed by atoms with van der Waals surface area (Å²) < 4.78 is 5.95. The van der Waals surface area contributed by atoms with Crippen molar-refractivity contribution < 1.29 is 9.53 Å².